The molecule has 2 aliphatic heterocycles. The van der Waals surface area contributed by atoms with Crippen molar-refractivity contribution in [2.45, 2.75) is 6.54 Å². The average molecular weight is 323 g/mol. The third-order valence-electron chi connectivity index (χ3n) is 3.71. The number of nitrogens with one attached hydrogen (secondary N) is 2. The molecule has 0 unspecified atom stereocenters. The zero-order valence-corrected chi connectivity index (χ0v) is 13.3. The first-order valence-electron chi connectivity index (χ1n) is 7.51. The van der Waals surface area contributed by atoms with E-state index >= 15 is 0 Å². The van der Waals surface area contributed by atoms with Gasteiger partial charge in [-0.2, -0.15) is 0 Å². The van der Waals surface area contributed by atoms with Crippen LogP contribution in [0.4, 0.5) is 0 Å². The molecule has 6 nitrogen and oxygen atoms in total. The second-order valence-electron chi connectivity index (χ2n) is 5.25. The fourth-order valence-electron chi connectivity index (χ4n) is 2.45. The number of ether oxygens (including phenoxy) is 3. The summed E-state index contributed by atoms with van der Waals surface area (Å²) in [6.07, 6.45) is 0. The normalized spacial score (nSPS) is 17.3. The second kappa shape index (κ2) is 7.62. The van der Waals surface area contributed by atoms with E-state index in [1.165, 1.54) is 0 Å². The Labute approximate surface area is 135 Å². The highest BCUT2D eigenvalue weighted by atomic mass is 32.1. The molecule has 0 aliphatic carbocycles. The predicted octanol–water partition coefficient (Wildman–Crippen LogP) is 0.712. The van der Waals surface area contributed by atoms with Gasteiger partial charge >= 0.3 is 0 Å². The van der Waals surface area contributed by atoms with Crippen molar-refractivity contribution in [3.63, 3.8) is 0 Å². The number of thiocarbonyl (C=S) groups is 1. The summed E-state index contributed by atoms with van der Waals surface area (Å²) >= 11 is 5.30. The Kier molecular flexibility index (Phi) is 5.31. The summed E-state index contributed by atoms with van der Waals surface area (Å²) in [5, 5.41) is 7.12. The van der Waals surface area contributed by atoms with Crippen LogP contribution < -0.4 is 20.1 Å². The third kappa shape index (κ3) is 4.22. The maximum absolute atomic E-state index is 5.36. The first kappa shape index (κ1) is 15.3. The highest BCUT2D eigenvalue weighted by Gasteiger charge is 2.13. The molecule has 0 radical (unpaired) electrons. The topological polar surface area (TPSA) is 55.0 Å². The fourth-order valence-corrected chi connectivity index (χ4v) is 2.62. The van der Waals surface area contributed by atoms with Gasteiger partial charge in [-0.05, 0) is 29.9 Å². The maximum Gasteiger partial charge on any atom is 0.231 e. The molecule has 2 aliphatic rings. The number of benzene rings is 1. The summed E-state index contributed by atoms with van der Waals surface area (Å²) in [5.41, 5.74) is 1.11. The molecule has 1 fully saturated rings. The Balaban J connectivity index is 1.35. The van der Waals surface area contributed by atoms with Gasteiger partial charge in [0.25, 0.3) is 0 Å². The number of fused-ring (bicyclic) bond motifs is 1. The maximum atomic E-state index is 5.36. The molecular weight excluding hydrogens is 302 g/mol. The van der Waals surface area contributed by atoms with E-state index in [4.69, 9.17) is 26.4 Å². The Morgan fingerprint density at radius 2 is 1.95 bits per heavy atom. The van der Waals surface area contributed by atoms with Crippen molar-refractivity contribution in [2.75, 3.05) is 46.2 Å². The van der Waals surface area contributed by atoms with Crippen LogP contribution in [-0.4, -0.2) is 56.2 Å². The Morgan fingerprint density at radius 1 is 1.14 bits per heavy atom. The Bertz CT molecular complexity index is 521. The van der Waals surface area contributed by atoms with Gasteiger partial charge in [0.15, 0.2) is 16.6 Å². The Hall–Kier alpha value is -1.57. The van der Waals surface area contributed by atoms with Gasteiger partial charge in [0.2, 0.25) is 6.79 Å². The first-order chi connectivity index (χ1) is 10.8. The van der Waals surface area contributed by atoms with Crippen LogP contribution in [0.15, 0.2) is 18.2 Å². The molecule has 0 atom stereocenters. The van der Waals surface area contributed by atoms with Crippen molar-refractivity contribution in [3.8, 4) is 11.5 Å². The molecule has 0 aromatic heterocycles. The zero-order chi connectivity index (χ0) is 15.2. The van der Waals surface area contributed by atoms with Crippen LogP contribution in [-0.2, 0) is 11.3 Å². The van der Waals surface area contributed by atoms with Gasteiger partial charge in [-0.25, -0.2) is 0 Å². The zero-order valence-electron chi connectivity index (χ0n) is 12.5. The van der Waals surface area contributed by atoms with Crippen molar-refractivity contribution in [1.29, 1.82) is 0 Å². The van der Waals surface area contributed by atoms with Crippen molar-refractivity contribution >= 4 is 17.3 Å². The van der Waals surface area contributed by atoms with E-state index in [-0.39, 0.29) is 0 Å². The SMILES string of the molecule is S=C(NCCN1CCOCC1)NCc1ccc2c(c1)OCO2. The number of hydrogen-bond acceptors (Lipinski definition) is 5. The van der Waals surface area contributed by atoms with Gasteiger partial charge in [-0.1, -0.05) is 6.07 Å². The van der Waals surface area contributed by atoms with Crippen LogP contribution in [0, 0.1) is 0 Å². The van der Waals surface area contributed by atoms with E-state index in [0.717, 1.165) is 56.5 Å². The average Bonchev–Trinajstić information content (AvgIpc) is 3.01. The quantitative estimate of drug-likeness (QED) is 0.774. The number of hydrogen-bond donors (Lipinski definition) is 2. The summed E-state index contributed by atoms with van der Waals surface area (Å²) in [7, 11) is 0. The van der Waals surface area contributed by atoms with Gasteiger partial charge in [0.05, 0.1) is 13.2 Å². The van der Waals surface area contributed by atoms with Crippen LogP contribution in [0.5, 0.6) is 11.5 Å². The van der Waals surface area contributed by atoms with E-state index < -0.39 is 0 Å². The van der Waals surface area contributed by atoms with E-state index in [1.54, 1.807) is 0 Å². The molecule has 3 rings (SSSR count). The summed E-state index contributed by atoms with van der Waals surface area (Å²) in [6, 6.07) is 5.91. The van der Waals surface area contributed by atoms with E-state index in [0.29, 0.717) is 18.5 Å². The summed E-state index contributed by atoms with van der Waals surface area (Å²) in [5.74, 6) is 1.60. The largest absolute Gasteiger partial charge is 0.454 e. The summed E-state index contributed by atoms with van der Waals surface area (Å²) < 4.78 is 16.0. The van der Waals surface area contributed by atoms with Gasteiger partial charge in [-0.15, -0.1) is 0 Å². The smallest absolute Gasteiger partial charge is 0.231 e. The van der Waals surface area contributed by atoms with E-state index in [1.807, 2.05) is 18.2 Å². The van der Waals surface area contributed by atoms with Crippen molar-refractivity contribution < 1.29 is 14.2 Å². The van der Waals surface area contributed by atoms with Crippen LogP contribution in [0.3, 0.4) is 0 Å². The minimum Gasteiger partial charge on any atom is -0.454 e. The molecule has 2 N–H and O–H groups in total. The molecule has 0 spiro atoms. The predicted molar refractivity (Wildman–Crippen MR) is 87.3 cm³/mol. The molecule has 120 valence electrons. The van der Waals surface area contributed by atoms with Crippen LogP contribution >= 0.6 is 12.2 Å². The van der Waals surface area contributed by atoms with Crippen molar-refractivity contribution in [3.05, 3.63) is 23.8 Å². The lowest BCUT2D eigenvalue weighted by molar-refractivity contribution is 0.0389. The lowest BCUT2D eigenvalue weighted by Gasteiger charge is -2.26. The molecule has 1 aromatic rings. The third-order valence-corrected chi connectivity index (χ3v) is 4.00. The molecule has 0 bridgehead atoms. The lowest BCUT2D eigenvalue weighted by Crippen LogP contribution is -2.43. The Morgan fingerprint density at radius 3 is 2.82 bits per heavy atom. The van der Waals surface area contributed by atoms with Gasteiger partial charge in [0.1, 0.15) is 0 Å². The highest BCUT2D eigenvalue weighted by molar-refractivity contribution is 7.80. The monoisotopic (exact) mass is 323 g/mol. The molecule has 2 heterocycles. The number of rotatable bonds is 5. The molecule has 22 heavy (non-hydrogen) atoms. The van der Waals surface area contributed by atoms with Crippen molar-refractivity contribution in [2.24, 2.45) is 0 Å². The fraction of sp³-hybridized carbons (Fsp3) is 0.533. The second-order valence-corrected chi connectivity index (χ2v) is 5.66. The summed E-state index contributed by atoms with van der Waals surface area (Å²) in [4.78, 5) is 2.37. The standard InChI is InChI=1S/C15H21N3O3S/c22-15(16-3-4-18-5-7-19-8-6-18)17-10-12-1-2-13-14(9-12)21-11-20-13/h1-2,9H,3-8,10-11H2,(H2,16,17,22). The van der Waals surface area contributed by atoms with Gasteiger partial charge in [-0.3, -0.25) is 4.90 Å². The number of morpholine rings is 1. The van der Waals surface area contributed by atoms with Crippen LogP contribution in [0.2, 0.25) is 0 Å². The molecule has 0 amide bonds. The van der Waals surface area contributed by atoms with E-state index in [9.17, 15) is 0 Å². The van der Waals surface area contributed by atoms with Crippen molar-refractivity contribution in [1.82, 2.24) is 15.5 Å². The minimum atomic E-state index is 0.299. The minimum absolute atomic E-state index is 0.299. The van der Waals surface area contributed by atoms with Gasteiger partial charge in [0, 0.05) is 32.7 Å². The number of nitrogens with zero attached hydrogens (tertiary/aromatic N) is 1. The molecule has 1 aromatic carbocycles. The molecule has 7 heteroatoms. The van der Waals surface area contributed by atoms with Crippen LogP contribution in [0.25, 0.3) is 0 Å². The lowest BCUT2D eigenvalue weighted by atomic mass is 10.2. The first-order valence-corrected chi connectivity index (χ1v) is 7.92. The highest BCUT2D eigenvalue weighted by Crippen LogP contribution is 2.32. The van der Waals surface area contributed by atoms with E-state index in [2.05, 4.69) is 15.5 Å². The molecule has 1 saturated heterocycles. The summed E-state index contributed by atoms with van der Waals surface area (Å²) in [6.45, 7) is 6.44. The molecular formula is C15H21N3O3S. The van der Waals surface area contributed by atoms with Crippen LogP contribution in [0.1, 0.15) is 5.56 Å². The molecule has 0 saturated carbocycles. The van der Waals surface area contributed by atoms with Gasteiger partial charge < -0.3 is 24.8 Å².